The van der Waals surface area contributed by atoms with E-state index in [4.69, 9.17) is 10.00 Å². The number of ether oxygens (including phenoxy) is 1. The average molecular weight is 414 g/mol. The standard InChI is InChI=1S/C24H18N2O3S/c1-29-19-10-12-20(13-11-19)30(27,28)26-24-15-14-21(22-4-2-3-5-23(22)24)18-8-6-17(16-25)7-9-18/h2-15,26H,1H3. The normalized spacial score (nSPS) is 11.1. The molecule has 6 heteroatoms. The van der Waals surface area contributed by atoms with E-state index in [1.165, 1.54) is 19.2 Å². The predicted molar refractivity (Wildman–Crippen MR) is 118 cm³/mol. The second-order valence-corrected chi connectivity index (χ2v) is 8.36. The zero-order valence-electron chi connectivity index (χ0n) is 16.2. The summed E-state index contributed by atoms with van der Waals surface area (Å²) in [6.45, 7) is 0. The number of anilines is 1. The molecule has 0 spiro atoms. The van der Waals surface area contributed by atoms with Gasteiger partial charge >= 0.3 is 0 Å². The highest BCUT2D eigenvalue weighted by Crippen LogP contribution is 2.34. The van der Waals surface area contributed by atoms with Crippen molar-refractivity contribution in [2.24, 2.45) is 0 Å². The monoisotopic (exact) mass is 414 g/mol. The van der Waals surface area contributed by atoms with Gasteiger partial charge in [-0.05, 0) is 59.0 Å². The molecule has 0 unspecified atom stereocenters. The van der Waals surface area contributed by atoms with Crippen LogP contribution in [0.3, 0.4) is 0 Å². The van der Waals surface area contributed by atoms with Gasteiger partial charge < -0.3 is 4.74 Å². The molecule has 0 fully saturated rings. The van der Waals surface area contributed by atoms with Crippen LogP contribution < -0.4 is 9.46 Å². The first-order valence-electron chi connectivity index (χ1n) is 9.21. The van der Waals surface area contributed by atoms with Crippen LogP contribution in [0, 0.1) is 11.3 Å². The fraction of sp³-hybridized carbons (Fsp3) is 0.0417. The molecule has 148 valence electrons. The van der Waals surface area contributed by atoms with Gasteiger partial charge in [0, 0.05) is 5.39 Å². The van der Waals surface area contributed by atoms with E-state index in [9.17, 15) is 8.42 Å². The minimum absolute atomic E-state index is 0.156. The quantitative estimate of drug-likeness (QED) is 0.487. The highest BCUT2D eigenvalue weighted by molar-refractivity contribution is 7.92. The summed E-state index contributed by atoms with van der Waals surface area (Å²) in [6, 6.07) is 26.9. The molecule has 0 atom stereocenters. The molecule has 4 aromatic rings. The Labute approximate surface area is 175 Å². The van der Waals surface area contributed by atoms with E-state index in [1.807, 2.05) is 42.5 Å². The minimum Gasteiger partial charge on any atom is -0.497 e. The van der Waals surface area contributed by atoms with Crippen molar-refractivity contribution in [1.82, 2.24) is 0 Å². The third-order valence-electron chi connectivity index (χ3n) is 4.86. The molecule has 0 aliphatic rings. The smallest absolute Gasteiger partial charge is 0.261 e. The van der Waals surface area contributed by atoms with Crippen molar-refractivity contribution < 1.29 is 13.2 Å². The first-order valence-corrected chi connectivity index (χ1v) is 10.7. The lowest BCUT2D eigenvalue weighted by Crippen LogP contribution is -2.13. The molecule has 0 radical (unpaired) electrons. The van der Waals surface area contributed by atoms with Gasteiger partial charge in [0.2, 0.25) is 0 Å². The van der Waals surface area contributed by atoms with Crippen LogP contribution >= 0.6 is 0 Å². The van der Waals surface area contributed by atoms with Gasteiger partial charge in [-0.15, -0.1) is 0 Å². The van der Waals surface area contributed by atoms with E-state index in [0.29, 0.717) is 17.0 Å². The second kappa shape index (κ2) is 7.90. The number of nitrogens with one attached hydrogen (secondary N) is 1. The van der Waals surface area contributed by atoms with Crippen LogP contribution in [0.25, 0.3) is 21.9 Å². The predicted octanol–water partition coefficient (Wildman–Crippen LogP) is 5.19. The summed E-state index contributed by atoms with van der Waals surface area (Å²) in [4.78, 5) is 0.156. The van der Waals surface area contributed by atoms with Crippen LogP contribution in [0.5, 0.6) is 5.75 Å². The maximum Gasteiger partial charge on any atom is 0.261 e. The Balaban J connectivity index is 1.76. The molecule has 0 aromatic heterocycles. The van der Waals surface area contributed by atoms with E-state index >= 15 is 0 Å². The first-order chi connectivity index (χ1) is 14.5. The van der Waals surface area contributed by atoms with Gasteiger partial charge in [-0.1, -0.05) is 42.5 Å². The molecule has 1 N–H and O–H groups in total. The highest BCUT2D eigenvalue weighted by atomic mass is 32.2. The minimum atomic E-state index is -3.76. The summed E-state index contributed by atoms with van der Waals surface area (Å²) in [6.07, 6.45) is 0. The van der Waals surface area contributed by atoms with Gasteiger partial charge in [0.1, 0.15) is 5.75 Å². The van der Waals surface area contributed by atoms with Crippen LogP contribution in [0.4, 0.5) is 5.69 Å². The molecular formula is C24H18N2O3S. The Kier molecular flexibility index (Phi) is 5.13. The molecule has 30 heavy (non-hydrogen) atoms. The van der Waals surface area contributed by atoms with Crippen molar-refractivity contribution in [3.8, 4) is 22.9 Å². The Morgan fingerprint density at radius 3 is 2.13 bits per heavy atom. The first kappa shape index (κ1) is 19.5. The largest absolute Gasteiger partial charge is 0.497 e. The molecule has 4 aromatic carbocycles. The Morgan fingerprint density at radius 2 is 1.50 bits per heavy atom. The van der Waals surface area contributed by atoms with E-state index in [-0.39, 0.29) is 4.90 Å². The number of methoxy groups -OCH3 is 1. The van der Waals surface area contributed by atoms with Gasteiger partial charge in [-0.25, -0.2) is 8.42 Å². The number of hydrogen-bond donors (Lipinski definition) is 1. The van der Waals surface area contributed by atoms with E-state index < -0.39 is 10.0 Å². The van der Waals surface area contributed by atoms with Crippen LogP contribution in [-0.4, -0.2) is 15.5 Å². The summed E-state index contributed by atoms with van der Waals surface area (Å²) in [5, 5.41) is 10.7. The molecule has 4 rings (SSSR count). The molecule has 0 saturated carbocycles. The zero-order valence-corrected chi connectivity index (χ0v) is 17.0. The molecule has 0 amide bonds. The number of fused-ring (bicyclic) bond motifs is 1. The van der Waals surface area contributed by atoms with Crippen molar-refractivity contribution >= 4 is 26.5 Å². The molecular weight excluding hydrogens is 396 g/mol. The fourth-order valence-corrected chi connectivity index (χ4v) is 4.40. The van der Waals surface area contributed by atoms with Crippen LogP contribution in [0.15, 0.2) is 89.8 Å². The van der Waals surface area contributed by atoms with Crippen molar-refractivity contribution in [3.05, 3.63) is 90.5 Å². The number of rotatable bonds is 5. The van der Waals surface area contributed by atoms with Gasteiger partial charge in [-0.2, -0.15) is 5.26 Å². The Bertz CT molecular complexity index is 1350. The molecule has 0 aliphatic carbocycles. The number of hydrogen-bond acceptors (Lipinski definition) is 4. The topological polar surface area (TPSA) is 79.2 Å². The SMILES string of the molecule is COc1ccc(S(=O)(=O)Nc2ccc(-c3ccc(C#N)cc3)c3ccccc23)cc1. The molecule has 0 heterocycles. The maximum absolute atomic E-state index is 12.9. The lowest BCUT2D eigenvalue weighted by molar-refractivity contribution is 0.414. The van der Waals surface area contributed by atoms with Crippen molar-refractivity contribution in [1.29, 1.82) is 5.26 Å². The van der Waals surface area contributed by atoms with Crippen LogP contribution in [-0.2, 0) is 10.0 Å². The third-order valence-corrected chi connectivity index (χ3v) is 6.24. The highest BCUT2D eigenvalue weighted by Gasteiger charge is 2.17. The lowest BCUT2D eigenvalue weighted by atomic mass is 9.97. The molecule has 0 saturated heterocycles. The third kappa shape index (κ3) is 3.71. The number of nitrogens with zero attached hydrogens (tertiary/aromatic N) is 1. The van der Waals surface area contributed by atoms with E-state index in [0.717, 1.165) is 21.9 Å². The van der Waals surface area contributed by atoms with Crippen molar-refractivity contribution in [2.75, 3.05) is 11.8 Å². The summed E-state index contributed by atoms with van der Waals surface area (Å²) in [5.41, 5.74) is 3.00. The Morgan fingerprint density at radius 1 is 0.833 bits per heavy atom. The fourth-order valence-electron chi connectivity index (χ4n) is 3.32. The molecule has 5 nitrogen and oxygen atoms in total. The van der Waals surface area contributed by atoms with Crippen molar-refractivity contribution in [3.63, 3.8) is 0 Å². The number of benzene rings is 4. The van der Waals surface area contributed by atoms with E-state index in [1.54, 1.807) is 30.3 Å². The summed E-state index contributed by atoms with van der Waals surface area (Å²) in [7, 11) is -2.23. The van der Waals surface area contributed by atoms with Gasteiger partial charge in [-0.3, -0.25) is 4.72 Å². The second-order valence-electron chi connectivity index (χ2n) is 6.68. The molecule has 0 bridgehead atoms. The average Bonchev–Trinajstić information content (AvgIpc) is 2.79. The molecule has 0 aliphatic heterocycles. The van der Waals surface area contributed by atoms with Gasteiger partial charge in [0.25, 0.3) is 10.0 Å². The van der Waals surface area contributed by atoms with Gasteiger partial charge in [0.15, 0.2) is 0 Å². The zero-order chi connectivity index (χ0) is 21.1. The summed E-state index contributed by atoms with van der Waals surface area (Å²) in [5.74, 6) is 0.589. The number of nitriles is 1. The lowest BCUT2D eigenvalue weighted by Gasteiger charge is -2.14. The van der Waals surface area contributed by atoms with Crippen LogP contribution in [0.2, 0.25) is 0 Å². The van der Waals surface area contributed by atoms with E-state index in [2.05, 4.69) is 10.8 Å². The summed E-state index contributed by atoms with van der Waals surface area (Å²) >= 11 is 0. The van der Waals surface area contributed by atoms with Gasteiger partial charge in [0.05, 0.1) is 29.3 Å². The number of sulfonamides is 1. The van der Waals surface area contributed by atoms with Crippen molar-refractivity contribution in [2.45, 2.75) is 4.90 Å². The maximum atomic E-state index is 12.9. The van der Waals surface area contributed by atoms with Crippen LogP contribution in [0.1, 0.15) is 5.56 Å². The summed E-state index contributed by atoms with van der Waals surface area (Å²) < 4.78 is 33.6. The Hall–Kier alpha value is -3.82.